The minimum atomic E-state index is -0.917. The van der Waals surface area contributed by atoms with E-state index in [2.05, 4.69) is 70.4 Å². The zero-order valence-electron chi connectivity index (χ0n) is 29.5. The maximum Gasteiger partial charge on any atom is 0.231 e. The first-order chi connectivity index (χ1) is 21.4. The van der Waals surface area contributed by atoms with E-state index in [0.29, 0.717) is 30.2 Å². The van der Waals surface area contributed by atoms with Crippen LogP contribution in [0.25, 0.3) is 0 Å². The molecule has 3 rings (SSSR count). The number of Topliss-reactive ketones (excluding diaryl/α,β-unsaturated/α-hetero) is 1. The molecule has 0 unspecified atom stereocenters. The van der Waals surface area contributed by atoms with Crippen LogP contribution in [0.2, 0.25) is 0 Å². The molecule has 0 radical (unpaired) electrons. The van der Waals surface area contributed by atoms with Gasteiger partial charge in [0.15, 0.2) is 11.6 Å². The Morgan fingerprint density at radius 3 is 2.09 bits per heavy atom. The maximum atomic E-state index is 12.9. The lowest BCUT2D eigenvalue weighted by Gasteiger charge is -2.40. The van der Waals surface area contributed by atoms with E-state index >= 15 is 0 Å². The highest BCUT2D eigenvalue weighted by molar-refractivity contribution is 6.07. The van der Waals surface area contributed by atoms with Gasteiger partial charge in [0, 0.05) is 17.7 Å². The predicted octanol–water partition coefficient (Wildman–Crippen LogP) is 7.56. The molecule has 1 aliphatic rings. The zero-order valence-corrected chi connectivity index (χ0v) is 29.5. The molecule has 0 saturated carbocycles. The first-order valence-corrected chi connectivity index (χ1v) is 16.3. The van der Waals surface area contributed by atoms with E-state index in [1.165, 1.54) is 18.2 Å². The van der Waals surface area contributed by atoms with Crippen molar-refractivity contribution < 1.29 is 33.3 Å². The number of ether oxygens (including phenoxy) is 4. The lowest BCUT2D eigenvalue weighted by atomic mass is 9.76. The van der Waals surface area contributed by atoms with Gasteiger partial charge in [-0.15, -0.1) is 0 Å². The largest absolute Gasteiger partial charge is 0.495 e. The molecule has 0 bridgehead atoms. The summed E-state index contributed by atoms with van der Waals surface area (Å²) in [5.41, 5.74) is 2.45. The van der Waals surface area contributed by atoms with E-state index in [1.54, 1.807) is 39.0 Å². The fourth-order valence-corrected chi connectivity index (χ4v) is 4.99. The Morgan fingerprint density at radius 2 is 1.48 bits per heavy atom. The van der Waals surface area contributed by atoms with Crippen LogP contribution >= 0.6 is 0 Å². The number of hydrogen-bond donors (Lipinski definition) is 2. The zero-order chi connectivity index (χ0) is 34.3. The molecule has 0 spiro atoms. The van der Waals surface area contributed by atoms with Gasteiger partial charge in [0.05, 0.1) is 44.5 Å². The maximum absolute atomic E-state index is 12.9. The number of carbonyl (C=O) groups excluding carboxylic acids is 3. The van der Waals surface area contributed by atoms with Crippen molar-refractivity contribution in [3.8, 4) is 11.5 Å². The fraction of sp³-hybridized carbons (Fsp3) is 0.595. The molecule has 1 aliphatic heterocycles. The molecule has 0 aromatic heterocycles. The minimum absolute atomic E-state index is 0.0464. The third kappa shape index (κ3) is 9.55. The van der Waals surface area contributed by atoms with Gasteiger partial charge in [-0.25, -0.2) is 0 Å². The highest BCUT2D eigenvalue weighted by Gasteiger charge is 2.42. The Bertz CT molecular complexity index is 1390. The van der Waals surface area contributed by atoms with Gasteiger partial charge in [0.1, 0.15) is 11.5 Å². The fourth-order valence-electron chi connectivity index (χ4n) is 4.99. The molecule has 46 heavy (non-hydrogen) atoms. The first-order valence-electron chi connectivity index (χ1n) is 16.3. The Balaban J connectivity index is 1.57. The molecule has 9 heteroatoms. The van der Waals surface area contributed by atoms with Gasteiger partial charge in [0.25, 0.3) is 0 Å². The lowest BCUT2D eigenvalue weighted by Crippen LogP contribution is -2.49. The lowest BCUT2D eigenvalue weighted by molar-refractivity contribution is -0.276. The van der Waals surface area contributed by atoms with Crippen molar-refractivity contribution in [1.82, 2.24) is 0 Å². The Morgan fingerprint density at radius 1 is 0.848 bits per heavy atom. The van der Waals surface area contributed by atoms with Gasteiger partial charge in [-0.1, -0.05) is 53.7 Å². The van der Waals surface area contributed by atoms with E-state index in [0.717, 1.165) is 18.6 Å². The second-order valence-electron chi connectivity index (χ2n) is 14.3. The molecular formula is C37H54N2O7. The van der Waals surface area contributed by atoms with Gasteiger partial charge in [0.2, 0.25) is 11.8 Å². The van der Waals surface area contributed by atoms with Gasteiger partial charge in [-0.3, -0.25) is 14.4 Å². The summed E-state index contributed by atoms with van der Waals surface area (Å²) in [6.07, 6.45) is 2.46. The SMILES string of the molecule is CCC(C)(C)c1ccc(OCCCC(=O)Nc2ccc(OC)c(NC(=O)CC(=O)C3(C)COC(C)(C)OC3)c2)c(C(C)(C)CC)c1. The molecule has 0 aliphatic carbocycles. The normalized spacial score (nSPS) is 16.0. The third-order valence-corrected chi connectivity index (χ3v) is 9.29. The molecule has 9 nitrogen and oxygen atoms in total. The van der Waals surface area contributed by atoms with Crippen molar-refractivity contribution in [2.75, 3.05) is 37.6 Å². The summed E-state index contributed by atoms with van der Waals surface area (Å²) in [6.45, 7) is 19.4. The van der Waals surface area contributed by atoms with E-state index in [1.807, 2.05) is 0 Å². The monoisotopic (exact) mass is 638 g/mol. The summed E-state index contributed by atoms with van der Waals surface area (Å²) < 4.78 is 22.9. The number of carbonyl (C=O) groups is 3. The molecule has 1 heterocycles. The number of amides is 2. The summed E-state index contributed by atoms with van der Waals surface area (Å²) in [6, 6.07) is 11.5. The second kappa shape index (κ2) is 15.0. The number of ketones is 1. The van der Waals surface area contributed by atoms with Crippen LogP contribution in [0.5, 0.6) is 11.5 Å². The van der Waals surface area contributed by atoms with Gasteiger partial charge in [-0.05, 0) is 80.7 Å². The molecule has 2 amide bonds. The van der Waals surface area contributed by atoms with Crippen molar-refractivity contribution in [3.63, 3.8) is 0 Å². The smallest absolute Gasteiger partial charge is 0.231 e. The van der Waals surface area contributed by atoms with Gasteiger partial charge < -0.3 is 29.6 Å². The molecule has 2 aromatic rings. The predicted molar refractivity (Wildman–Crippen MR) is 182 cm³/mol. The number of nitrogens with one attached hydrogen (secondary N) is 2. The van der Waals surface area contributed by atoms with Crippen molar-refractivity contribution in [3.05, 3.63) is 47.5 Å². The Labute approximate surface area is 275 Å². The van der Waals surface area contributed by atoms with Gasteiger partial charge >= 0.3 is 0 Å². The van der Waals surface area contributed by atoms with Crippen LogP contribution in [0.4, 0.5) is 11.4 Å². The molecule has 1 fully saturated rings. The van der Waals surface area contributed by atoms with Crippen LogP contribution in [-0.2, 0) is 34.7 Å². The minimum Gasteiger partial charge on any atom is -0.495 e. The average Bonchev–Trinajstić information content (AvgIpc) is 3.01. The summed E-state index contributed by atoms with van der Waals surface area (Å²) in [7, 11) is 1.49. The van der Waals surface area contributed by atoms with Crippen LogP contribution in [0.15, 0.2) is 36.4 Å². The molecule has 254 valence electrons. The first kappa shape index (κ1) is 37.0. The standard InChI is InChI=1S/C37H54N2O7/c1-11-34(3,4)25-15-17-29(27(20-25)35(5,6)12-2)44-19-13-14-32(41)38-26-16-18-30(43-10)28(21-26)39-33(42)22-31(40)37(9)23-45-36(7,8)46-24-37/h15-18,20-21H,11-14,19,22-24H2,1-10H3,(H,38,41)(H,39,42). The molecule has 2 aromatic carbocycles. The number of rotatable bonds is 15. The number of anilines is 2. The topological polar surface area (TPSA) is 112 Å². The van der Waals surface area contributed by atoms with E-state index in [-0.39, 0.29) is 48.6 Å². The van der Waals surface area contributed by atoms with Crippen LogP contribution in [0.3, 0.4) is 0 Å². The number of hydrogen-bond acceptors (Lipinski definition) is 7. The van der Waals surface area contributed by atoms with Crippen molar-refractivity contribution in [1.29, 1.82) is 0 Å². The molecule has 1 saturated heterocycles. The highest BCUT2D eigenvalue weighted by Crippen LogP contribution is 2.39. The van der Waals surface area contributed by atoms with E-state index in [4.69, 9.17) is 18.9 Å². The van der Waals surface area contributed by atoms with E-state index < -0.39 is 17.1 Å². The van der Waals surface area contributed by atoms with Crippen LogP contribution in [0, 0.1) is 5.41 Å². The van der Waals surface area contributed by atoms with E-state index in [9.17, 15) is 14.4 Å². The van der Waals surface area contributed by atoms with Crippen LogP contribution in [0.1, 0.15) is 106 Å². The molecular weight excluding hydrogens is 584 g/mol. The van der Waals surface area contributed by atoms with Crippen LogP contribution < -0.4 is 20.1 Å². The quantitative estimate of drug-likeness (QED) is 0.153. The van der Waals surface area contributed by atoms with Gasteiger partial charge in [-0.2, -0.15) is 0 Å². The Kier molecular flexibility index (Phi) is 12.1. The molecule has 2 N–H and O–H groups in total. The van der Waals surface area contributed by atoms with Crippen molar-refractivity contribution >= 4 is 29.0 Å². The summed E-state index contributed by atoms with van der Waals surface area (Å²) in [5, 5.41) is 5.64. The summed E-state index contributed by atoms with van der Waals surface area (Å²) in [4.78, 5) is 38.6. The third-order valence-electron chi connectivity index (χ3n) is 9.29. The van der Waals surface area contributed by atoms with Crippen LogP contribution in [-0.4, -0.2) is 50.3 Å². The summed E-state index contributed by atoms with van der Waals surface area (Å²) >= 11 is 0. The Hall–Kier alpha value is -3.43. The van der Waals surface area contributed by atoms with Crippen molar-refractivity contribution in [2.24, 2.45) is 5.41 Å². The molecule has 0 atom stereocenters. The number of benzene rings is 2. The second-order valence-corrected chi connectivity index (χ2v) is 14.3. The van der Waals surface area contributed by atoms with Crippen molar-refractivity contribution in [2.45, 2.75) is 111 Å². The average molecular weight is 639 g/mol. The highest BCUT2D eigenvalue weighted by atomic mass is 16.7. The number of methoxy groups -OCH3 is 1. The summed E-state index contributed by atoms with van der Waals surface area (Å²) in [5.74, 6) is -0.449.